The second-order valence-electron chi connectivity index (χ2n) is 7.26. The Kier molecular flexibility index (Phi) is 3.95. The van der Waals surface area contributed by atoms with Crippen LogP contribution >= 0.6 is 0 Å². The van der Waals surface area contributed by atoms with Gasteiger partial charge in [-0.15, -0.1) is 0 Å². The van der Waals surface area contributed by atoms with E-state index >= 15 is 0 Å². The molecule has 2 N–H and O–H groups in total. The molecule has 0 bridgehead atoms. The van der Waals surface area contributed by atoms with Crippen LogP contribution in [0.15, 0.2) is 84.9 Å². The van der Waals surface area contributed by atoms with E-state index in [9.17, 15) is 15.0 Å². The van der Waals surface area contributed by atoms with E-state index < -0.39 is 5.92 Å². The average Bonchev–Trinajstić information content (AvgIpc) is 2.73. The van der Waals surface area contributed by atoms with E-state index in [1.807, 2.05) is 42.5 Å². The van der Waals surface area contributed by atoms with Crippen molar-refractivity contribution in [3.63, 3.8) is 0 Å². The zero-order valence-electron chi connectivity index (χ0n) is 15.5. The number of phenols is 2. The van der Waals surface area contributed by atoms with Gasteiger partial charge in [0.05, 0.1) is 5.92 Å². The van der Waals surface area contributed by atoms with Crippen LogP contribution in [-0.2, 0) is 4.79 Å². The summed E-state index contributed by atoms with van der Waals surface area (Å²) in [6.45, 7) is 0. The van der Waals surface area contributed by atoms with Crippen LogP contribution in [0.4, 0.5) is 0 Å². The SMILES string of the molecule is O=C1C=c2cc3ccccc3cc2=C(c2ccccc2O)C1c1ccccc1O. The van der Waals surface area contributed by atoms with Crippen LogP contribution in [0.2, 0.25) is 0 Å². The van der Waals surface area contributed by atoms with E-state index in [4.69, 9.17) is 0 Å². The quantitative estimate of drug-likeness (QED) is 0.560. The fourth-order valence-corrected chi connectivity index (χ4v) is 4.19. The first-order chi connectivity index (χ1) is 14.1. The lowest BCUT2D eigenvalue weighted by molar-refractivity contribution is -0.113. The number of carbonyl (C=O) groups excluding carboxylic acids is 1. The monoisotopic (exact) mass is 378 g/mol. The zero-order valence-corrected chi connectivity index (χ0v) is 15.5. The molecule has 3 heteroatoms. The van der Waals surface area contributed by atoms with Crippen LogP contribution in [0.25, 0.3) is 22.4 Å². The van der Waals surface area contributed by atoms with Crippen molar-refractivity contribution < 1.29 is 15.0 Å². The lowest BCUT2D eigenvalue weighted by Gasteiger charge is -2.24. The third-order valence-corrected chi connectivity index (χ3v) is 5.52. The Hall–Kier alpha value is -3.85. The second kappa shape index (κ2) is 6.64. The van der Waals surface area contributed by atoms with Crippen molar-refractivity contribution in [2.75, 3.05) is 0 Å². The van der Waals surface area contributed by atoms with Crippen molar-refractivity contribution >= 4 is 28.2 Å². The summed E-state index contributed by atoms with van der Waals surface area (Å²) in [5.74, 6) is -0.640. The summed E-state index contributed by atoms with van der Waals surface area (Å²) in [6, 6.07) is 26.0. The Balaban J connectivity index is 1.95. The second-order valence-corrected chi connectivity index (χ2v) is 7.26. The predicted molar refractivity (Wildman–Crippen MR) is 114 cm³/mol. The van der Waals surface area contributed by atoms with Gasteiger partial charge in [0.15, 0.2) is 5.78 Å². The number of benzene rings is 4. The highest BCUT2D eigenvalue weighted by Gasteiger charge is 2.31. The Morgan fingerprint density at radius 3 is 2.03 bits per heavy atom. The average molecular weight is 378 g/mol. The summed E-state index contributed by atoms with van der Waals surface area (Å²) in [6.07, 6.45) is 1.64. The zero-order chi connectivity index (χ0) is 20.0. The number of Topliss-reactive ketones (excluding diaryl/α,β-unsaturated/α-hetero) is 1. The van der Waals surface area contributed by atoms with Crippen molar-refractivity contribution in [2.45, 2.75) is 5.92 Å². The molecule has 0 aliphatic heterocycles. The largest absolute Gasteiger partial charge is 0.508 e. The normalized spacial score (nSPS) is 15.8. The number of carbonyl (C=O) groups is 1. The van der Waals surface area contributed by atoms with Crippen molar-refractivity contribution in [2.24, 2.45) is 0 Å². The van der Waals surface area contributed by atoms with Crippen molar-refractivity contribution in [1.82, 2.24) is 0 Å². The predicted octanol–water partition coefficient (Wildman–Crippen LogP) is 3.60. The third-order valence-electron chi connectivity index (χ3n) is 5.52. The number of rotatable bonds is 2. The standard InChI is InChI=1S/C26H18O3/c27-22-11-5-3-9-19(22)25-21-14-17-8-2-1-7-16(17)13-18(21)15-24(29)26(25)20-10-4-6-12-23(20)28/h1-15,26-28H. The number of para-hydroxylation sites is 2. The van der Waals surface area contributed by atoms with Crippen molar-refractivity contribution in [3.05, 3.63) is 106 Å². The first-order valence-electron chi connectivity index (χ1n) is 9.48. The van der Waals surface area contributed by atoms with E-state index in [0.29, 0.717) is 16.7 Å². The molecule has 0 saturated heterocycles. The van der Waals surface area contributed by atoms with Gasteiger partial charge in [-0.1, -0.05) is 60.7 Å². The molecule has 0 fully saturated rings. The van der Waals surface area contributed by atoms with Gasteiger partial charge >= 0.3 is 0 Å². The third kappa shape index (κ3) is 2.79. The van der Waals surface area contributed by atoms with Gasteiger partial charge < -0.3 is 10.2 Å². The van der Waals surface area contributed by atoms with Gasteiger partial charge in [-0.05, 0) is 57.1 Å². The molecule has 5 rings (SSSR count). The first kappa shape index (κ1) is 17.3. The van der Waals surface area contributed by atoms with Gasteiger partial charge in [-0.3, -0.25) is 4.79 Å². The summed E-state index contributed by atoms with van der Waals surface area (Å²) >= 11 is 0. The molecular weight excluding hydrogens is 360 g/mol. The van der Waals surface area contributed by atoms with Crippen molar-refractivity contribution in [1.29, 1.82) is 0 Å². The number of hydrogen-bond donors (Lipinski definition) is 2. The molecule has 4 aromatic carbocycles. The van der Waals surface area contributed by atoms with E-state index in [1.165, 1.54) is 0 Å². The number of hydrogen-bond acceptors (Lipinski definition) is 3. The molecule has 140 valence electrons. The summed E-state index contributed by atoms with van der Waals surface area (Å²) in [5.41, 5.74) is 1.84. The van der Waals surface area contributed by atoms with Crippen LogP contribution in [-0.4, -0.2) is 16.0 Å². The van der Waals surface area contributed by atoms with Gasteiger partial charge in [-0.25, -0.2) is 0 Å². The number of ketones is 1. The van der Waals surface area contributed by atoms with Crippen molar-refractivity contribution in [3.8, 4) is 11.5 Å². The van der Waals surface area contributed by atoms with Gasteiger partial charge in [0.25, 0.3) is 0 Å². The molecule has 29 heavy (non-hydrogen) atoms. The van der Waals surface area contributed by atoms with Gasteiger partial charge in [0.1, 0.15) is 11.5 Å². The lowest BCUT2D eigenvalue weighted by atomic mass is 9.78. The smallest absolute Gasteiger partial charge is 0.168 e. The van der Waals surface area contributed by atoms with Gasteiger partial charge in [0, 0.05) is 11.1 Å². The Bertz CT molecular complexity index is 1400. The van der Waals surface area contributed by atoms with E-state index in [0.717, 1.165) is 21.2 Å². The van der Waals surface area contributed by atoms with E-state index in [1.54, 1.807) is 42.5 Å². The number of aromatic hydroxyl groups is 2. The molecule has 0 heterocycles. The Morgan fingerprint density at radius 2 is 1.31 bits per heavy atom. The van der Waals surface area contributed by atoms with E-state index in [-0.39, 0.29) is 17.3 Å². The summed E-state index contributed by atoms with van der Waals surface area (Å²) in [4.78, 5) is 13.3. The summed E-state index contributed by atoms with van der Waals surface area (Å²) < 4.78 is 0. The van der Waals surface area contributed by atoms with Crippen LogP contribution < -0.4 is 10.4 Å². The van der Waals surface area contributed by atoms with Crippen LogP contribution in [0.5, 0.6) is 11.5 Å². The molecule has 1 atom stereocenters. The van der Waals surface area contributed by atoms with Crippen LogP contribution in [0.3, 0.4) is 0 Å². The highest BCUT2D eigenvalue weighted by atomic mass is 16.3. The minimum absolute atomic E-state index is 0.0661. The minimum Gasteiger partial charge on any atom is -0.508 e. The fourth-order valence-electron chi connectivity index (χ4n) is 4.19. The molecule has 1 aliphatic carbocycles. The molecule has 0 radical (unpaired) electrons. The van der Waals surface area contributed by atoms with Crippen LogP contribution in [0, 0.1) is 0 Å². The molecule has 3 nitrogen and oxygen atoms in total. The summed E-state index contributed by atoms with van der Waals surface area (Å²) in [5, 5.41) is 24.9. The molecule has 4 aromatic rings. The summed E-state index contributed by atoms with van der Waals surface area (Å²) in [7, 11) is 0. The minimum atomic E-state index is -0.696. The molecule has 0 saturated carbocycles. The molecular formula is C26H18O3. The number of phenolic OH excluding ortho intramolecular Hbond substituents is 2. The highest BCUT2D eigenvalue weighted by Crippen LogP contribution is 2.39. The Labute approximate surface area is 167 Å². The molecule has 0 amide bonds. The molecule has 1 unspecified atom stereocenters. The maximum atomic E-state index is 13.3. The first-order valence-corrected chi connectivity index (χ1v) is 9.48. The number of fused-ring (bicyclic) bond motifs is 2. The molecule has 1 aliphatic rings. The molecule has 0 spiro atoms. The molecule has 0 aromatic heterocycles. The highest BCUT2D eigenvalue weighted by molar-refractivity contribution is 6.18. The fraction of sp³-hybridized carbons (Fsp3) is 0.0385. The topological polar surface area (TPSA) is 57.5 Å². The maximum Gasteiger partial charge on any atom is 0.168 e. The van der Waals surface area contributed by atoms with Gasteiger partial charge in [-0.2, -0.15) is 0 Å². The van der Waals surface area contributed by atoms with Gasteiger partial charge in [0.2, 0.25) is 0 Å². The van der Waals surface area contributed by atoms with Crippen LogP contribution in [0.1, 0.15) is 17.0 Å². The Morgan fingerprint density at radius 1 is 0.690 bits per heavy atom. The lowest BCUT2D eigenvalue weighted by Crippen LogP contribution is -2.36. The van der Waals surface area contributed by atoms with E-state index in [2.05, 4.69) is 6.07 Å². The maximum absolute atomic E-state index is 13.3.